The van der Waals surface area contributed by atoms with Gasteiger partial charge in [0.2, 0.25) is 5.91 Å². The number of anilines is 1. The molecule has 4 rings (SSSR count). The zero-order chi connectivity index (χ0) is 22.7. The Kier molecular flexibility index (Phi) is 5.80. The molecule has 0 atom stereocenters. The van der Waals surface area contributed by atoms with E-state index in [0.717, 1.165) is 21.7 Å². The van der Waals surface area contributed by atoms with Crippen LogP contribution in [0.15, 0.2) is 60.8 Å². The summed E-state index contributed by atoms with van der Waals surface area (Å²) in [5.74, 6) is -1.05. The monoisotopic (exact) mass is 434 g/mol. The number of hydrogen-bond donors (Lipinski definition) is 1. The Labute approximate surface area is 182 Å². The van der Waals surface area contributed by atoms with Gasteiger partial charge in [-0.15, -0.1) is 0 Å². The van der Waals surface area contributed by atoms with E-state index < -0.39 is 6.09 Å². The number of ether oxygens (including phenoxy) is 1. The Bertz CT molecular complexity index is 1180. The van der Waals surface area contributed by atoms with Crippen LogP contribution >= 0.6 is 0 Å². The van der Waals surface area contributed by atoms with Gasteiger partial charge in [0.05, 0.1) is 18.4 Å². The fraction of sp³-hybridized carbons (Fsp3) is 0.130. The van der Waals surface area contributed by atoms with Crippen LogP contribution < -0.4 is 5.32 Å². The lowest BCUT2D eigenvalue weighted by atomic mass is 10.1. The van der Waals surface area contributed by atoms with Gasteiger partial charge in [-0.3, -0.25) is 14.3 Å². The van der Waals surface area contributed by atoms with Gasteiger partial charge in [-0.25, -0.2) is 14.1 Å². The highest BCUT2D eigenvalue weighted by Crippen LogP contribution is 2.24. The normalized spacial score (nSPS) is 13.6. The summed E-state index contributed by atoms with van der Waals surface area (Å²) >= 11 is 0. The fourth-order valence-electron chi connectivity index (χ4n) is 3.30. The first kappa shape index (κ1) is 21.0. The van der Waals surface area contributed by atoms with Crippen LogP contribution in [0.3, 0.4) is 0 Å². The lowest BCUT2D eigenvalue weighted by Gasteiger charge is -2.11. The number of carbonyl (C=O) groups is 3. The van der Waals surface area contributed by atoms with Crippen LogP contribution in [0.5, 0.6) is 0 Å². The Morgan fingerprint density at radius 1 is 1.16 bits per heavy atom. The summed E-state index contributed by atoms with van der Waals surface area (Å²) in [6.07, 6.45) is 3.99. The van der Waals surface area contributed by atoms with Gasteiger partial charge in [0, 0.05) is 29.9 Å². The third kappa shape index (κ3) is 4.56. The largest absolute Gasteiger partial charge is 0.439 e. The summed E-state index contributed by atoms with van der Waals surface area (Å²) in [7, 11) is 1.77. The van der Waals surface area contributed by atoms with Crippen molar-refractivity contribution in [3.05, 3.63) is 77.7 Å². The summed E-state index contributed by atoms with van der Waals surface area (Å²) in [5, 5.41) is 6.97. The summed E-state index contributed by atoms with van der Waals surface area (Å²) < 4.78 is 19.6. The molecule has 9 heteroatoms. The molecule has 0 bridgehead atoms. The first-order valence-corrected chi connectivity index (χ1v) is 9.74. The highest BCUT2D eigenvalue weighted by molar-refractivity contribution is 6.02. The molecule has 1 aliphatic heterocycles. The molecule has 1 fully saturated rings. The number of halogens is 1. The van der Waals surface area contributed by atoms with E-state index in [0.29, 0.717) is 11.3 Å². The zero-order valence-corrected chi connectivity index (χ0v) is 17.1. The molecule has 162 valence electrons. The lowest BCUT2D eigenvalue weighted by Crippen LogP contribution is -2.28. The number of aryl methyl sites for hydroxylation is 1. The van der Waals surface area contributed by atoms with Crippen molar-refractivity contribution < 1.29 is 23.5 Å². The van der Waals surface area contributed by atoms with E-state index in [4.69, 9.17) is 0 Å². The van der Waals surface area contributed by atoms with E-state index in [-0.39, 0.29) is 30.8 Å². The van der Waals surface area contributed by atoms with Gasteiger partial charge in [0.15, 0.2) is 6.61 Å². The molecule has 2 aromatic carbocycles. The van der Waals surface area contributed by atoms with Crippen LogP contribution in [-0.2, 0) is 27.9 Å². The van der Waals surface area contributed by atoms with Gasteiger partial charge in [-0.1, -0.05) is 12.1 Å². The zero-order valence-electron chi connectivity index (χ0n) is 17.1. The average Bonchev–Trinajstić information content (AvgIpc) is 3.31. The highest BCUT2D eigenvalue weighted by atomic mass is 19.1. The van der Waals surface area contributed by atoms with Crippen LogP contribution in [0.25, 0.3) is 17.3 Å². The molecule has 3 aromatic rings. The first-order valence-electron chi connectivity index (χ1n) is 9.74. The molecule has 1 aromatic heterocycles. The van der Waals surface area contributed by atoms with Gasteiger partial charge in [0.1, 0.15) is 5.82 Å². The molecule has 0 radical (unpaired) electrons. The maximum absolute atomic E-state index is 13.2. The van der Waals surface area contributed by atoms with Crippen molar-refractivity contribution in [2.45, 2.75) is 6.54 Å². The van der Waals surface area contributed by atoms with Crippen LogP contribution in [0.4, 0.5) is 14.9 Å². The summed E-state index contributed by atoms with van der Waals surface area (Å²) in [5.41, 5.74) is 3.54. The lowest BCUT2D eigenvalue weighted by molar-refractivity contribution is -0.126. The van der Waals surface area contributed by atoms with Crippen molar-refractivity contribution in [1.82, 2.24) is 14.7 Å². The molecule has 1 N–H and O–H groups in total. The quantitative estimate of drug-likeness (QED) is 0.601. The number of benzene rings is 2. The molecule has 0 aliphatic carbocycles. The maximum atomic E-state index is 13.2. The molecule has 0 unspecified atom stereocenters. The minimum Gasteiger partial charge on any atom is -0.439 e. The molecule has 1 aliphatic rings. The van der Waals surface area contributed by atoms with E-state index in [1.807, 2.05) is 0 Å². The maximum Gasteiger partial charge on any atom is 0.417 e. The molecule has 0 saturated carbocycles. The van der Waals surface area contributed by atoms with E-state index in [1.165, 1.54) is 18.2 Å². The third-order valence-electron chi connectivity index (χ3n) is 4.90. The summed E-state index contributed by atoms with van der Waals surface area (Å²) in [6.45, 7) is -0.127. The van der Waals surface area contributed by atoms with Gasteiger partial charge < -0.3 is 10.1 Å². The van der Waals surface area contributed by atoms with E-state index in [1.54, 1.807) is 60.4 Å². The van der Waals surface area contributed by atoms with Crippen molar-refractivity contribution in [3.63, 3.8) is 0 Å². The Balaban J connectivity index is 1.40. The molecule has 1 saturated heterocycles. The number of aromatic nitrogens is 2. The minimum absolute atomic E-state index is 0.110. The van der Waals surface area contributed by atoms with Crippen LogP contribution in [-0.4, -0.2) is 39.2 Å². The third-order valence-corrected chi connectivity index (χ3v) is 4.90. The number of cyclic esters (lactones) is 1. The molecular formula is C23H19FN4O4. The van der Waals surface area contributed by atoms with Crippen LogP contribution in [0.1, 0.15) is 11.1 Å². The topological polar surface area (TPSA) is 93.5 Å². The highest BCUT2D eigenvalue weighted by Gasteiger charge is 2.30. The van der Waals surface area contributed by atoms with Gasteiger partial charge in [0.25, 0.3) is 5.91 Å². The average molecular weight is 434 g/mol. The standard InChI is InChI=1S/C23H19FN4O4/c1-27-22(16-4-7-18(24)8-5-16)17(12-25-27)6-11-20(29)26-19-9-2-15(3-10-19)13-28-21(30)14-32-23(28)31/h2-12H,13-14H2,1H3,(H,26,29)/b11-6+. The van der Waals surface area contributed by atoms with Crippen molar-refractivity contribution in [1.29, 1.82) is 0 Å². The molecule has 2 heterocycles. The summed E-state index contributed by atoms with van der Waals surface area (Å²) in [6, 6.07) is 12.8. The molecule has 3 amide bonds. The van der Waals surface area contributed by atoms with E-state index in [9.17, 15) is 18.8 Å². The van der Waals surface area contributed by atoms with Gasteiger partial charge in [-0.2, -0.15) is 5.10 Å². The van der Waals surface area contributed by atoms with Gasteiger partial charge >= 0.3 is 6.09 Å². The Morgan fingerprint density at radius 3 is 2.53 bits per heavy atom. The van der Waals surface area contributed by atoms with Crippen molar-refractivity contribution >= 4 is 29.7 Å². The summed E-state index contributed by atoms with van der Waals surface area (Å²) in [4.78, 5) is 36.5. The van der Waals surface area contributed by atoms with Gasteiger partial charge in [-0.05, 0) is 48.0 Å². The van der Waals surface area contributed by atoms with Crippen molar-refractivity contribution in [2.75, 3.05) is 11.9 Å². The second kappa shape index (κ2) is 8.84. The number of hydrogen-bond acceptors (Lipinski definition) is 5. The number of nitrogens with one attached hydrogen (secondary N) is 1. The van der Waals surface area contributed by atoms with E-state index >= 15 is 0 Å². The minimum atomic E-state index is -0.659. The number of imide groups is 1. The smallest absolute Gasteiger partial charge is 0.417 e. The van der Waals surface area contributed by atoms with E-state index in [2.05, 4.69) is 15.2 Å². The fourth-order valence-corrected chi connectivity index (χ4v) is 3.30. The number of rotatable bonds is 6. The SMILES string of the molecule is Cn1ncc(/C=C/C(=O)Nc2ccc(CN3C(=O)COC3=O)cc2)c1-c1ccc(F)cc1. The number of nitrogens with zero attached hydrogens (tertiary/aromatic N) is 3. The Morgan fingerprint density at radius 2 is 1.88 bits per heavy atom. The van der Waals surface area contributed by atoms with Crippen molar-refractivity contribution in [3.8, 4) is 11.3 Å². The van der Waals surface area contributed by atoms with Crippen LogP contribution in [0.2, 0.25) is 0 Å². The second-order valence-corrected chi connectivity index (χ2v) is 7.13. The first-order chi connectivity index (χ1) is 15.4. The van der Waals surface area contributed by atoms with Crippen molar-refractivity contribution in [2.24, 2.45) is 7.05 Å². The molecule has 32 heavy (non-hydrogen) atoms. The molecule has 0 spiro atoms. The molecule has 8 nitrogen and oxygen atoms in total. The number of carbonyl (C=O) groups excluding carboxylic acids is 3. The van der Waals surface area contributed by atoms with Crippen LogP contribution in [0, 0.1) is 5.82 Å². The second-order valence-electron chi connectivity index (χ2n) is 7.13. The predicted molar refractivity (Wildman–Crippen MR) is 115 cm³/mol. The predicted octanol–water partition coefficient (Wildman–Crippen LogP) is 3.36. The molecular weight excluding hydrogens is 415 g/mol. The number of amides is 3. The Hall–Kier alpha value is -4.27.